The van der Waals surface area contributed by atoms with Crippen LogP contribution in [-0.4, -0.2) is 23.0 Å². The van der Waals surface area contributed by atoms with Crippen LogP contribution in [0.5, 0.6) is 5.88 Å². The molecule has 0 fully saturated rings. The zero-order valence-corrected chi connectivity index (χ0v) is 13.8. The summed E-state index contributed by atoms with van der Waals surface area (Å²) < 4.78 is 5.01. The van der Waals surface area contributed by atoms with Crippen LogP contribution in [0.25, 0.3) is 0 Å². The first kappa shape index (κ1) is 16.0. The molecule has 3 aromatic rings. The molecule has 2 aromatic heterocycles. The maximum atomic E-state index is 12.6. The predicted molar refractivity (Wildman–Crippen MR) is 93.5 cm³/mol. The lowest BCUT2D eigenvalue weighted by molar-refractivity contribution is 0.102. The highest BCUT2D eigenvalue weighted by atomic mass is 32.2. The number of rotatable bonds is 5. The molecule has 3 rings (SSSR count). The summed E-state index contributed by atoms with van der Waals surface area (Å²) in [5, 5.41) is 3.48. The van der Waals surface area contributed by atoms with E-state index in [9.17, 15) is 4.79 Å². The summed E-state index contributed by atoms with van der Waals surface area (Å²) in [6.07, 6.45) is 3.23. The molecule has 1 N–H and O–H groups in total. The van der Waals surface area contributed by atoms with Gasteiger partial charge in [-0.05, 0) is 30.3 Å². The van der Waals surface area contributed by atoms with E-state index in [1.807, 2.05) is 30.3 Å². The van der Waals surface area contributed by atoms with Crippen molar-refractivity contribution in [3.05, 3.63) is 72.6 Å². The van der Waals surface area contributed by atoms with Gasteiger partial charge in [-0.3, -0.25) is 4.79 Å². The molecule has 0 unspecified atom stereocenters. The third-order valence-corrected chi connectivity index (χ3v) is 4.20. The Balaban J connectivity index is 1.79. The number of carbonyl (C=O) groups excluding carboxylic acids is 1. The number of nitrogens with zero attached hydrogens (tertiary/aromatic N) is 2. The summed E-state index contributed by atoms with van der Waals surface area (Å²) in [6, 6.07) is 16.8. The van der Waals surface area contributed by atoms with Crippen molar-refractivity contribution in [3.63, 3.8) is 0 Å². The number of nitrogens with one attached hydrogen (secondary N) is 1. The van der Waals surface area contributed by atoms with Crippen LogP contribution in [0.3, 0.4) is 0 Å². The lowest BCUT2D eigenvalue weighted by Gasteiger charge is -2.09. The number of carbonyl (C=O) groups is 1. The molecular weight excluding hydrogens is 322 g/mol. The second-order valence-electron chi connectivity index (χ2n) is 4.81. The van der Waals surface area contributed by atoms with Gasteiger partial charge in [0.2, 0.25) is 5.88 Å². The van der Waals surface area contributed by atoms with E-state index >= 15 is 0 Å². The zero-order valence-electron chi connectivity index (χ0n) is 13.0. The van der Waals surface area contributed by atoms with Gasteiger partial charge in [0, 0.05) is 17.2 Å². The van der Waals surface area contributed by atoms with E-state index in [-0.39, 0.29) is 5.91 Å². The second kappa shape index (κ2) is 7.61. The number of amides is 1. The van der Waals surface area contributed by atoms with E-state index < -0.39 is 0 Å². The van der Waals surface area contributed by atoms with Crippen LogP contribution in [0.15, 0.2) is 76.9 Å². The Morgan fingerprint density at radius 2 is 1.88 bits per heavy atom. The van der Waals surface area contributed by atoms with Gasteiger partial charge in [-0.15, -0.1) is 0 Å². The SMILES string of the molecule is COc1ccc(NC(=O)c2cccnc2Sc2ccccc2)cn1. The number of hydrogen-bond acceptors (Lipinski definition) is 5. The van der Waals surface area contributed by atoms with Crippen LogP contribution in [0.1, 0.15) is 10.4 Å². The second-order valence-corrected chi connectivity index (χ2v) is 5.88. The fourth-order valence-electron chi connectivity index (χ4n) is 2.02. The van der Waals surface area contributed by atoms with Gasteiger partial charge in [0.1, 0.15) is 5.03 Å². The minimum absolute atomic E-state index is 0.228. The molecule has 1 aromatic carbocycles. The normalized spacial score (nSPS) is 10.2. The van der Waals surface area contributed by atoms with Crippen LogP contribution < -0.4 is 10.1 Å². The summed E-state index contributed by atoms with van der Waals surface area (Å²) in [5.41, 5.74) is 1.11. The van der Waals surface area contributed by atoms with Crippen molar-refractivity contribution < 1.29 is 9.53 Å². The maximum Gasteiger partial charge on any atom is 0.258 e. The van der Waals surface area contributed by atoms with Gasteiger partial charge >= 0.3 is 0 Å². The molecule has 0 saturated carbocycles. The maximum absolute atomic E-state index is 12.6. The third-order valence-electron chi connectivity index (χ3n) is 3.18. The molecule has 5 nitrogen and oxygen atoms in total. The lowest BCUT2D eigenvalue weighted by Crippen LogP contribution is -2.13. The van der Waals surface area contributed by atoms with Gasteiger partial charge in [-0.25, -0.2) is 9.97 Å². The van der Waals surface area contributed by atoms with Crippen LogP contribution >= 0.6 is 11.8 Å². The minimum atomic E-state index is -0.228. The molecule has 1 amide bonds. The van der Waals surface area contributed by atoms with Gasteiger partial charge in [0.25, 0.3) is 5.91 Å². The van der Waals surface area contributed by atoms with E-state index in [4.69, 9.17) is 4.74 Å². The average Bonchev–Trinajstić information content (AvgIpc) is 2.63. The summed E-state index contributed by atoms with van der Waals surface area (Å²) in [6.45, 7) is 0. The Hall–Kier alpha value is -2.86. The number of methoxy groups -OCH3 is 1. The Kier molecular flexibility index (Phi) is 5.08. The van der Waals surface area contributed by atoms with Crippen molar-refractivity contribution in [3.8, 4) is 5.88 Å². The molecule has 0 aliphatic rings. The van der Waals surface area contributed by atoms with Crippen LogP contribution in [0.2, 0.25) is 0 Å². The van der Waals surface area contributed by atoms with Crippen molar-refractivity contribution in [2.24, 2.45) is 0 Å². The molecule has 0 saturated heterocycles. The number of anilines is 1. The van der Waals surface area contributed by atoms with Crippen molar-refractivity contribution in [1.82, 2.24) is 9.97 Å². The molecule has 0 bridgehead atoms. The fraction of sp³-hybridized carbons (Fsp3) is 0.0556. The first-order valence-electron chi connectivity index (χ1n) is 7.25. The van der Waals surface area contributed by atoms with E-state index in [0.717, 1.165) is 4.90 Å². The number of hydrogen-bond donors (Lipinski definition) is 1. The van der Waals surface area contributed by atoms with E-state index in [2.05, 4.69) is 15.3 Å². The van der Waals surface area contributed by atoms with Gasteiger partial charge in [-0.1, -0.05) is 30.0 Å². The number of aromatic nitrogens is 2. The van der Waals surface area contributed by atoms with Crippen molar-refractivity contribution in [2.75, 3.05) is 12.4 Å². The third kappa shape index (κ3) is 3.91. The molecule has 0 aliphatic heterocycles. The van der Waals surface area contributed by atoms with Crippen molar-refractivity contribution in [2.45, 2.75) is 9.92 Å². The molecule has 0 spiro atoms. The van der Waals surface area contributed by atoms with Crippen molar-refractivity contribution in [1.29, 1.82) is 0 Å². The van der Waals surface area contributed by atoms with Crippen molar-refractivity contribution >= 4 is 23.4 Å². The standard InChI is InChI=1S/C18H15N3O2S/c1-23-16-10-9-13(12-20-16)21-17(22)15-8-5-11-19-18(15)24-14-6-3-2-4-7-14/h2-12H,1H3,(H,21,22). The highest BCUT2D eigenvalue weighted by molar-refractivity contribution is 7.99. The highest BCUT2D eigenvalue weighted by Crippen LogP contribution is 2.28. The van der Waals surface area contributed by atoms with Gasteiger partial charge < -0.3 is 10.1 Å². The number of ether oxygens (including phenoxy) is 1. The van der Waals surface area contributed by atoms with E-state index in [1.165, 1.54) is 11.8 Å². The minimum Gasteiger partial charge on any atom is -0.481 e. The quantitative estimate of drug-likeness (QED) is 0.765. The lowest BCUT2D eigenvalue weighted by atomic mass is 10.2. The molecule has 0 aliphatic carbocycles. The summed E-state index contributed by atoms with van der Waals surface area (Å²) in [7, 11) is 1.54. The first-order chi connectivity index (χ1) is 11.8. The van der Waals surface area contributed by atoms with Gasteiger partial charge in [0.15, 0.2) is 0 Å². The molecule has 120 valence electrons. The van der Waals surface area contributed by atoms with Crippen LogP contribution in [0, 0.1) is 0 Å². The first-order valence-corrected chi connectivity index (χ1v) is 8.07. The Morgan fingerprint density at radius 1 is 1.04 bits per heavy atom. The molecular formula is C18H15N3O2S. The van der Waals surface area contributed by atoms with E-state index in [1.54, 1.807) is 43.8 Å². The van der Waals surface area contributed by atoms with Crippen LogP contribution in [-0.2, 0) is 0 Å². The summed E-state index contributed by atoms with van der Waals surface area (Å²) in [5.74, 6) is 0.267. The Bertz CT molecular complexity index is 823. The molecule has 0 radical (unpaired) electrons. The largest absolute Gasteiger partial charge is 0.481 e. The van der Waals surface area contributed by atoms with Gasteiger partial charge in [-0.2, -0.15) is 0 Å². The average molecular weight is 337 g/mol. The predicted octanol–water partition coefficient (Wildman–Crippen LogP) is 3.89. The van der Waals surface area contributed by atoms with Crippen LogP contribution in [0.4, 0.5) is 5.69 Å². The smallest absolute Gasteiger partial charge is 0.258 e. The summed E-state index contributed by atoms with van der Waals surface area (Å²) in [4.78, 5) is 22.0. The zero-order chi connectivity index (χ0) is 16.8. The Labute approximate surface area is 144 Å². The topological polar surface area (TPSA) is 64.1 Å². The summed E-state index contributed by atoms with van der Waals surface area (Å²) >= 11 is 1.45. The fourth-order valence-corrected chi connectivity index (χ4v) is 2.92. The molecule has 0 atom stereocenters. The monoisotopic (exact) mass is 337 g/mol. The molecule has 2 heterocycles. The Morgan fingerprint density at radius 3 is 2.58 bits per heavy atom. The molecule has 6 heteroatoms. The number of pyridine rings is 2. The highest BCUT2D eigenvalue weighted by Gasteiger charge is 2.14. The molecule has 24 heavy (non-hydrogen) atoms. The number of benzene rings is 1. The van der Waals surface area contributed by atoms with E-state index in [0.29, 0.717) is 22.2 Å². The van der Waals surface area contributed by atoms with Gasteiger partial charge in [0.05, 0.1) is 24.6 Å².